The molecule has 1 N–H and O–H groups in total. The molecule has 1 aliphatic carbocycles. The number of benzene rings is 2. The molecule has 1 atom stereocenters. The highest BCUT2D eigenvalue weighted by Gasteiger charge is 2.30. The molecule has 0 radical (unpaired) electrons. The molecule has 2 aromatic carbocycles. The normalized spacial score (nSPS) is 26.8. The molecule has 0 bridgehead atoms. The van der Waals surface area contributed by atoms with Crippen LogP contribution >= 0.6 is 0 Å². The first-order chi connectivity index (χ1) is 12.7. The fraction of sp³-hybridized carbons (Fsp3) is 0.478. The second kappa shape index (κ2) is 7.81. The number of hydrogen-bond donors (Lipinski definition) is 1. The highest BCUT2D eigenvalue weighted by molar-refractivity contribution is 5.38. The van der Waals surface area contributed by atoms with Crippen molar-refractivity contribution in [2.45, 2.75) is 50.2 Å². The Labute approximate surface area is 156 Å². The van der Waals surface area contributed by atoms with Gasteiger partial charge in [0.1, 0.15) is 5.75 Å². The van der Waals surface area contributed by atoms with Crippen LogP contribution in [-0.4, -0.2) is 36.2 Å². The van der Waals surface area contributed by atoms with E-state index in [1.807, 2.05) is 12.1 Å². The summed E-state index contributed by atoms with van der Waals surface area (Å²) in [5, 5.41) is 10.8. The third-order valence-electron chi connectivity index (χ3n) is 6.27. The van der Waals surface area contributed by atoms with Gasteiger partial charge in [-0.1, -0.05) is 36.4 Å². The van der Waals surface area contributed by atoms with Crippen molar-refractivity contribution in [2.24, 2.45) is 0 Å². The van der Waals surface area contributed by atoms with Crippen molar-refractivity contribution in [3.05, 3.63) is 65.2 Å². The molecule has 3 nitrogen and oxygen atoms in total. The minimum absolute atomic E-state index is 0.398. The smallest absolute Gasteiger partial charge is 0.119 e. The van der Waals surface area contributed by atoms with Crippen LogP contribution in [0.1, 0.15) is 54.4 Å². The number of ether oxygens (including phenoxy) is 1. The Kier molecular flexibility index (Phi) is 5.28. The lowest BCUT2D eigenvalue weighted by atomic mass is 9.81. The summed E-state index contributed by atoms with van der Waals surface area (Å²) >= 11 is 0. The molecule has 2 aromatic rings. The third-order valence-corrected chi connectivity index (χ3v) is 6.27. The van der Waals surface area contributed by atoms with Gasteiger partial charge in [0.15, 0.2) is 0 Å². The standard InChI is InChI=1S/C23H29NO2/c1-26-21-11-12-22-19(15-21)13-14-24(16-23(22)25)20-9-7-18(8-10-20)17-5-3-2-4-6-17/h2-6,11-12,15,18,20,23,25H,7-10,13-14,16H2,1H3. The summed E-state index contributed by atoms with van der Waals surface area (Å²) in [6.07, 6.45) is 5.55. The fourth-order valence-electron chi connectivity index (χ4n) is 4.76. The number of hydrogen-bond acceptors (Lipinski definition) is 3. The average Bonchev–Trinajstić information content (AvgIpc) is 2.87. The van der Waals surface area contributed by atoms with Crippen LogP contribution < -0.4 is 4.74 Å². The lowest BCUT2D eigenvalue weighted by Gasteiger charge is -2.37. The van der Waals surface area contributed by atoms with Crippen LogP contribution in [0.25, 0.3) is 0 Å². The van der Waals surface area contributed by atoms with Crippen molar-refractivity contribution < 1.29 is 9.84 Å². The Morgan fingerprint density at radius 3 is 2.50 bits per heavy atom. The maximum atomic E-state index is 10.8. The average molecular weight is 351 g/mol. The first-order valence-electron chi connectivity index (χ1n) is 9.88. The van der Waals surface area contributed by atoms with Gasteiger partial charge in [-0.3, -0.25) is 4.90 Å². The van der Waals surface area contributed by atoms with E-state index in [0.717, 1.165) is 30.8 Å². The molecule has 0 spiro atoms. The van der Waals surface area contributed by atoms with Crippen molar-refractivity contribution >= 4 is 0 Å². The number of rotatable bonds is 3. The van der Waals surface area contributed by atoms with Gasteiger partial charge in [-0.15, -0.1) is 0 Å². The topological polar surface area (TPSA) is 32.7 Å². The van der Waals surface area contributed by atoms with Crippen LogP contribution in [0.3, 0.4) is 0 Å². The molecule has 3 heteroatoms. The van der Waals surface area contributed by atoms with Gasteiger partial charge in [-0.25, -0.2) is 0 Å². The van der Waals surface area contributed by atoms with E-state index in [2.05, 4.69) is 41.3 Å². The van der Waals surface area contributed by atoms with E-state index in [1.54, 1.807) is 7.11 Å². The van der Waals surface area contributed by atoms with Crippen LogP contribution in [0.4, 0.5) is 0 Å². The summed E-state index contributed by atoms with van der Waals surface area (Å²) in [6, 6.07) is 17.6. The number of methoxy groups -OCH3 is 1. The van der Waals surface area contributed by atoms with Crippen LogP contribution in [-0.2, 0) is 6.42 Å². The van der Waals surface area contributed by atoms with Crippen LogP contribution in [0.15, 0.2) is 48.5 Å². The zero-order valence-corrected chi connectivity index (χ0v) is 15.6. The molecule has 1 saturated carbocycles. The summed E-state index contributed by atoms with van der Waals surface area (Å²) < 4.78 is 5.36. The minimum Gasteiger partial charge on any atom is -0.497 e. The van der Waals surface area contributed by atoms with Crippen LogP contribution in [0.5, 0.6) is 5.75 Å². The lowest BCUT2D eigenvalue weighted by molar-refractivity contribution is 0.0774. The summed E-state index contributed by atoms with van der Waals surface area (Å²) in [6.45, 7) is 1.78. The van der Waals surface area contributed by atoms with Crippen molar-refractivity contribution in [1.29, 1.82) is 0 Å². The van der Waals surface area contributed by atoms with Gasteiger partial charge in [-0.05, 0) is 66.8 Å². The molecule has 2 aliphatic rings. The number of nitrogens with zero attached hydrogens (tertiary/aromatic N) is 1. The van der Waals surface area contributed by atoms with E-state index in [1.165, 1.54) is 36.8 Å². The second-order valence-corrected chi connectivity index (χ2v) is 7.74. The van der Waals surface area contributed by atoms with E-state index in [4.69, 9.17) is 4.74 Å². The fourth-order valence-corrected chi connectivity index (χ4v) is 4.76. The lowest BCUT2D eigenvalue weighted by Crippen LogP contribution is -2.40. The Hall–Kier alpha value is -1.84. The van der Waals surface area contributed by atoms with Gasteiger partial charge >= 0.3 is 0 Å². The molecule has 1 unspecified atom stereocenters. The summed E-state index contributed by atoms with van der Waals surface area (Å²) in [5.41, 5.74) is 3.80. The Bertz CT molecular complexity index is 722. The Morgan fingerprint density at radius 2 is 1.77 bits per heavy atom. The predicted molar refractivity (Wildman–Crippen MR) is 105 cm³/mol. The molecule has 138 valence electrons. The molecular weight excluding hydrogens is 322 g/mol. The van der Waals surface area contributed by atoms with Crippen molar-refractivity contribution in [2.75, 3.05) is 20.2 Å². The number of β-amino-alcohol motifs (C(OH)–C–C–N with tert-alkyl or cyclic N) is 1. The zero-order chi connectivity index (χ0) is 17.9. The molecule has 0 aromatic heterocycles. The maximum absolute atomic E-state index is 10.8. The summed E-state index contributed by atoms with van der Waals surface area (Å²) in [5.74, 6) is 1.58. The number of aliphatic hydroxyl groups is 1. The highest BCUT2D eigenvalue weighted by atomic mass is 16.5. The van der Waals surface area contributed by atoms with Crippen molar-refractivity contribution in [3.63, 3.8) is 0 Å². The summed E-state index contributed by atoms with van der Waals surface area (Å²) in [7, 11) is 1.70. The quantitative estimate of drug-likeness (QED) is 0.894. The predicted octanol–water partition coefficient (Wildman–Crippen LogP) is 4.31. The molecule has 1 fully saturated rings. The van der Waals surface area contributed by atoms with Gasteiger partial charge in [0, 0.05) is 19.1 Å². The number of fused-ring (bicyclic) bond motifs is 1. The number of aliphatic hydroxyl groups excluding tert-OH is 1. The largest absolute Gasteiger partial charge is 0.497 e. The van der Waals surface area contributed by atoms with E-state index in [0.29, 0.717) is 12.0 Å². The van der Waals surface area contributed by atoms with E-state index in [9.17, 15) is 5.11 Å². The molecule has 4 rings (SSSR count). The summed E-state index contributed by atoms with van der Waals surface area (Å²) in [4.78, 5) is 2.53. The monoisotopic (exact) mass is 351 g/mol. The first-order valence-corrected chi connectivity index (χ1v) is 9.88. The molecule has 1 aliphatic heterocycles. The van der Waals surface area contributed by atoms with Gasteiger partial charge in [-0.2, -0.15) is 0 Å². The van der Waals surface area contributed by atoms with Gasteiger partial charge in [0.05, 0.1) is 13.2 Å². The maximum Gasteiger partial charge on any atom is 0.119 e. The minimum atomic E-state index is -0.398. The van der Waals surface area contributed by atoms with E-state index >= 15 is 0 Å². The highest BCUT2D eigenvalue weighted by Crippen LogP contribution is 2.36. The molecule has 0 amide bonds. The SMILES string of the molecule is COc1ccc2c(c1)CCN(C1CCC(c3ccccc3)CC1)CC2O. The van der Waals surface area contributed by atoms with Crippen LogP contribution in [0, 0.1) is 0 Å². The first kappa shape index (κ1) is 17.6. The van der Waals surface area contributed by atoms with E-state index < -0.39 is 6.10 Å². The van der Waals surface area contributed by atoms with E-state index in [-0.39, 0.29) is 0 Å². The van der Waals surface area contributed by atoms with Crippen LogP contribution in [0.2, 0.25) is 0 Å². The second-order valence-electron chi connectivity index (χ2n) is 7.74. The van der Waals surface area contributed by atoms with Gasteiger partial charge < -0.3 is 9.84 Å². The third kappa shape index (κ3) is 3.65. The Morgan fingerprint density at radius 1 is 1.00 bits per heavy atom. The molecule has 26 heavy (non-hydrogen) atoms. The van der Waals surface area contributed by atoms with Gasteiger partial charge in [0.2, 0.25) is 0 Å². The molecule has 1 heterocycles. The van der Waals surface area contributed by atoms with Crippen molar-refractivity contribution in [3.8, 4) is 5.75 Å². The van der Waals surface area contributed by atoms with Crippen molar-refractivity contribution in [1.82, 2.24) is 4.90 Å². The molecular formula is C23H29NO2. The Balaban J connectivity index is 1.41. The zero-order valence-electron chi connectivity index (χ0n) is 15.6. The molecule has 0 saturated heterocycles. The van der Waals surface area contributed by atoms with Gasteiger partial charge in [0.25, 0.3) is 0 Å².